The molecule has 0 radical (unpaired) electrons. The van der Waals surface area contributed by atoms with Crippen LogP contribution < -0.4 is 0 Å². The van der Waals surface area contributed by atoms with E-state index in [-0.39, 0.29) is 0 Å². The summed E-state index contributed by atoms with van der Waals surface area (Å²) in [6.45, 7) is 6.18. The standard InChI is InChI=1S/C20H18N4/c1-14-4-7-17(8-5-14)9-11-20-19(13-21)22-23-24(20)18-10-6-15(2)16(3)12-18/h4-12H,1-3H3/b11-9+. The molecule has 118 valence electrons. The highest BCUT2D eigenvalue weighted by Gasteiger charge is 2.12. The van der Waals surface area contributed by atoms with Crippen LogP contribution in [0.1, 0.15) is 33.6 Å². The zero-order chi connectivity index (χ0) is 17.1. The van der Waals surface area contributed by atoms with Crippen LogP contribution in [-0.4, -0.2) is 15.0 Å². The quantitative estimate of drug-likeness (QED) is 0.726. The molecule has 4 heteroatoms. The van der Waals surface area contributed by atoms with E-state index in [0.717, 1.165) is 11.3 Å². The van der Waals surface area contributed by atoms with Gasteiger partial charge in [0.05, 0.1) is 5.69 Å². The summed E-state index contributed by atoms with van der Waals surface area (Å²) < 4.78 is 1.70. The van der Waals surface area contributed by atoms with Crippen molar-refractivity contribution in [2.24, 2.45) is 0 Å². The Morgan fingerprint density at radius 1 is 0.958 bits per heavy atom. The average molecular weight is 314 g/mol. The Morgan fingerprint density at radius 2 is 1.71 bits per heavy atom. The van der Waals surface area contributed by atoms with Crippen LogP contribution in [-0.2, 0) is 0 Å². The summed E-state index contributed by atoms with van der Waals surface area (Å²) in [4.78, 5) is 0. The van der Waals surface area contributed by atoms with Crippen LogP contribution in [0.3, 0.4) is 0 Å². The molecule has 0 atom stereocenters. The first-order valence-corrected chi connectivity index (χ1v) is 7.76. The van der Waals surface area contributed by atoms with E-state index in [0.29, 0.717) is 11.4 Å². The van der Waals surface area contributed by atoms with Crippen molar-refractivity contribution < 1.29 is 0 Å². The molecule has 0 bridgehead atoms. The topological polar surface area (TPSA) is 54.5 Å². The smallest absolute Gasteiger partial charge is 0.190 e. The third-order valence-corrected chi connectivity index (χ3v) is 4.06. The van der Waals surface area contributed by atoms with E-state index < -0.39 is 0 Å². The molecule has 0 N–H and O–H groups in total. The van der Waals surface area contributed by atoms with E-state index in [9.17, 15) is 5.26 Å². The van der Waals surface area contributed by atoms with Gasteiger partial charge in [-0.25, -0.2) is 4.68 Å². The summed E-state index contributed by atoms with van der Waals surface area (Å²) in [6.07, 6.45) is 3.86. The van der Waals surface area contributed by atoms with Gasteiger partial charge in [-0.3, -0.25) is 0 Å². The van der Waals surface area contributed by atoms with Gasteiger partial charge in [-0.1, -0.05) is 47.2 Å². The molecule has 4 nitrogen and oxygen atoms in total. The van der Waals surface area contributed by atoms with Gasteiger partial charge in [0.15, 0.2) is 5.69 Å². The summed E-state index contributed by atoms with van der Waals surface area (Å²) in [5.74, 6) is 0. The summed E-state index contributed by atoms with van der Waals surface area (Å²) >= 11 is 0. The molecular weight excluding hydrogens is 296 g/mol. The minimum Gasteiger partial charge on any atom is -0.212 e. The second-order valence-electron chi connectivity index (χ2n) is 5.86. The van der Waals surface area contributed by atoms with Crippen LogP contribution in [0.5, 0.6) is 0 Å². The molecule has 0 fully saturated rings. The van der Waals surface area contributed by atoms with Crippen LogP contribution in [0.2, 0.25) is 0 Å². The third-order valence-electron chi connectivity index (χ3n) is 4.06. The highest BCUT2D eigenvalue weighted by molar-refractivity contribution is 5.71. The van der Waals surface area contributed by atoms with Crippen molar-refractivity contribution in [3.63, 3.8) is 0 Å². The predicted molar refractivity (Wildman–Crippen MR) is 95.7 cm³/mol. The van der Waals surface area contributed by atoms with Crippen molar-refractivity contribution in [1.29, 1.82) is 5.26 Å². The van der Waals surface area contributed by atoms with Crippen LogP contribution in [0.15, 0.2) is 42.5 Å². The average Bonchev–Trinajstić information content (AvgIpc) is 3.00. The zero-order valence-electron chi connectivity index (χ0n) is 14.0. The maximum Gasteiger partial charge on any atom is 0.190 e. The van der Waals surface area contributed by atoms with Gasteiger partial charge < -0.3 is 0 Å². The maximum absolute atomic E-state index is 9.31. The van der Waals surface area contributed by atoms with Crippen LogP contribution in [0.4, 0.5) is 0 Å². The fourth-order valence-electron chi connectivity index (χ4n) is 2.42. The van der Waals surface area contributed by atoms with Gasteiger partial charge >= 0.3 is 0 Å². The van der Waals surface area contributed by atoms with Crippen molar-refractivity contribution in [2.75, 3.05) is 0 Å². The molecule has 0 saturated carbocycles. The molecule has 3 aromatic rings. The Labute approximate surface area is 141 Å². The predicted octanol–water partition coefficient (Wildman–Crippen LogP) is 4.23. The number of aryl methyl sites for hydroxylation is 3. The number of benzene rings is 2. The highest BCUT2D eigenvalue weighted by Crippen LogP contribution is 2.18. The molecule has 0 unspecified atom stereocenters. The lowest BCUT2D eigenvalue weighted by Gasteiger charge is -2.06. The molecule has 0 amide bonds. The maximum atomic E-state index is 9.31. The lowest BCUT2D eigenvalue weighted by Crippen LogP contribution is -2.00. The molecule has 0 aliphatic carbocycles. The number of hydrogen-bond donors (Lipinski definition) is 0. The molecule has 1 heterocycles. The summed E-state index contributed by atoms with van der Waals surface area (Å²) in [7, 11) is 0. The summed E-state index contributed by atoms with van der Waals surface area (Å²) in [5.41, 5.74) is 6.57. The van der Waals surface area contributed by atoms with E-state index in [1.807, 2.05) is 42.5 Å². The highest BCUT2D eigenvalue weighted by atomic mass is 15.4. The van der Waals surface area contributed by atoms with Gasteiger partial charge in [0, 0.05) is 0 Å². The van der Waals surface area contributed by atoms with Crippen molar-refractivity contribution in [1.82, 2.24) is 15.0 Å². The molecule has 0 aliphatic rings. The van der Waals surface area contributed by atoms with E-state index in [2.05, 4.69) is 49.3 Å². The second-order valence-corrected chi connectivity index (χ2v) is 5.86. The van der Waals surface area contributed by atoms with Crippen molar-refractivity contribution in [3.05, 3.63) is 76.1 Å². The van der Waals surface area contributed by atoms with Gasteiger partial charge in [-0.15, -0.1) is 5.10 Å². The van der Waals surface area contributed by atoms with Gasteiger partial charge in [-0.2, -0.15) is 5.26 Å². The van der Waals surface area contributed by atoms with Gasteiger partial charge in [0.25, 0.3) is 0 Å². The Kier molecular flexibility index (Phi) is 4.26. The lowest BCUT2D eigenvalue weighted by molar-refractivity contribution is 0.796. The van der Waals surface area contributed by atoms with Gasteiger partial charge in [-0.05, 0) is 55.7 Å². The molecule has 24 heavy (non-hydrogen) atoms. The molecule has 0 aliphatic heterocycles. The number of hydrogen-bond acceptors (Lipinski definition) is 3. The van der Waals surface area contributed by atoms with Crippen molar-refractivity contribution in [3.8, 4) is 11.8 Å². The Hall–Kier alpha value is -3.19. The number of nitriles is 1. The molecule has 0 spiro atoms. The third kappa shape index (κ3) is 3.11. The van der Waals surface area contributed by atoms with Crippen LogP contribution in [0, 0.1) is 32.1 Å². The Balaban J connectivity index is 2.03. The normalized spacial score (nSPS) is 10.9. The fraction of sp³-hybridized carbons (Fsp3) is 0.150. The van der Waals surface area contributed by atoms with Crippen molar-refractivity contribution in [2.45, 2.75) is 20.8 Å². The molecular formula is C20H18N4. The first kappa shape index (κ1) is 15.7. The Bertz CT molecular complexity index is 941. The number of nitrogens with zero attached hydrogens (tertiary/aromatic N) is 4. The van der Waals surface area contributed by atoms with E-state index >= 15 is 0 Å². The molecule has 1 aromatic heterocycles. The van der Waals surface area contributed by atoms with Gasteiger partial charge in [0.1, 0.15) is 11.8 Å². The molecule has 3 rings (SSSR count). The molecule has 2 aromatic carbocycles. The minimum atomic E-state index is 0.316. The Morgan fingerprint density at radius 3 is 2.38 bits per heavy atom. The lowest BCUT2D eigenvalue weighted by atomic mass is 10.1. The van der Waals surface area contributed by atoms with Crippen LogP contribution >= 0.6 is 0 Å². The SMILES string of the molecule is Cc1ccc(/C=C/c2c(C#N)nnn2-c2ccc(C)c(C)c2)cc1. The largest absolute Gasteiger partial charge is 0.212 e. The van der Waals surface area contributed by atoms with E-state index in [4.69, 9.17) is 0 Å². The number of rotatable bonds is 3. The monoisotopic (exact) mass is 314 g/mol. The van der Waals surface area contributed by atoms with Gasteiger partial charge in [0.2, 0.25) is 0 Å². The molecule has 0 saturated heterocycles. The zero-order valence-corrected chi connectivity index (χ0v) is 14.0. The van der Waals surface area contributed by atoms with Crippen molar-refractivity contribution >= 4 is 12.2 Å². The minimum absolute atomic E-state index is 0.316. The van der Waals surface area contributed by atoms with E-state index in [1.54, 1.807) is 4.68 Å². The summed E-state index contributed by atoms with van der Waals surface area (Å²) in [5, 5.41) is 17.4. The summed E-state index contributed by atoms with van der Waals surface area (Å²) in [6, 6.07) is 16.4. The first-order chi connectivity index (χ1) is 11.6. The van der Waals surface area contributed by atoms with Crippen LogP contribution in [0.25, 0.3) is 17.8 Å². The second kappa shape index (κ2) is 6.51. The van der Waals surface area contributed by atoms with E-state index in [1.165, 1.54) is 16.7 Å². The number of aromatic nitrogens is 3. The first-order valence-electron chi connectivity index (χ1n) is 7.76. The fourth-order valence-corrected chi connectivity index (χ4v) is 2.42.